The molecule has 0 bridgehead atoms. The number of unbranched alkanes of at least 4 members (excludes halogenated alkanes) is 1. The van der Waals surface area contributed by atoms with E-state index < -0.39 is 0 Å². The summed E-state index contributed by atoms with van der Waals surface area (Å²) in [5.41, 5.74) is 9.48. The van der Waals surface area contributed by atoms with Gasteiger partial charge in [0.1, 0.15) is 11.7 Å². The van der Waals surface area contributed by atoms with Gasteiger partial charge < -0.3 is 10.6 Å². The topological polar surface area (TPSA) is 80.7 Å². The summed E-state index contributed by atoms with van der Waals surface area (Å²) < 4.78 is 1.60. The molecule has 29 heavy (non-hydrogen) atoms. The van der Waals surface area contributed by atoms with Crippen molar-refractivity contribution >= 4 is 17.2 Å². The molecule has 1 aliphatic rings. The molecule has 1 aromatic carbocycles. The number of nitrogens with two attached hydrogens (primary N) is 1. The number of carbonyl (C=O) groups is 1. The van der Waals surface area contributed by atoms with Crippen molar-refractivity contribution in [2.24, 2.45) is 5.73 Å². The van der Waals surface area contributed by atoms with Crippen molar-refractivity contribution in [1.82, 2.24) is 9.38 Å². The summed E-state index contributed by atoms with van der Waals surface area (Å²) in [5, 5.41) is 0. The fourth-order valence-electron chi connectivity index (χ4n) is 4.14. The number of fused-ring (bicyclic) bond motifs is 1. The fourth-order valence-corrected chi connectivity index (χ4v) is 4.14. The molecule has 4 rings (SSSR count). The standard InChI is InChI=1S/C23H26N4O2/c1-2-3-7-18-21(23(29)27-14-5-4-9-20(27)25-18)16-10-12-17(13-11-16)26-15-6-8-19(26)22(24)28/h4-5,9-14,19H,2-3,6-8,15H2,1H3,(H2,24,28)/t19-/m0/s1. The molecule has 6 nitrogen and oxygen atoms in total. The van der Waals surface area contributed by atoms with E-state index in [9.17, 15) is 9.59 Å². The number of hydrogen-bond donors (Lipinski definition) is 1. The first kappa shape index (κ1) is 19.2. The third kappa shape index (κ3) is 3.62. The Morgan fingerprint density at radius 3 is 2.72 bits per heavy atom. The van der Waals surface area contributed by atoms with Crippen LogP contribution in [0.15, 0.2) is 53.5 Å². The largest absolute Gasteiger partial charge is 0.368 e. The number of rotatable bonds is 6. The van der Waals surface area contributed by atoms with E-state index in [0.717, 1.165) is 55.6 Å². The van der Waals surface area contributed by atoms with Gasteiger partial charge in [0.25, 0.3) is 5.56 Å². The normalized spacial score (nSPS) is 16.4. The van der Waals surface area contributed by atoms with Crippen molar-refractivity contribution in [1.29, 1.82) is 0 Å². The van der Waals surface area contributed by atoms with Crippen molar-refractivity contribution in [2.45, 2.75) is 45.1 Å². The number of aryl methyl sites for hydroxylation is 1. The zero-order valence-corrected chi connectivity index (χ0v) is 16.7. The van der Waals surface area contributed by atoms with Gasteiger partial charge in [-0.1, -0.05) is 31.5 Å². The summed E-state index contributed by atoms with van der Waals surface area (Å²) in [4.78, 5) is 31.8. The Kier molecular flexibility index (Phi) is 5.34. The minimum absolute atomic E-state index is 0.0503. The van der Waals surface area contributed by atoms with Crippen LogP contribution in [0.5, 0.6) is 0 Å². The van der Waals surface area contributed by atoms with E-state index in [-0.39, 0.29) is 17.5 Å². The van der Waals surface area contributed by atoms with E-state index >= 15 is 0 Å². The highest BCUT2D eigenvalue weighted by atomic mass is 16.1. The predicted octanol–water partition coefficient (Wildman–Crippen LogP) is 3.16. The van der Waals surface area contributed by atoms with Crippen molar-refractivity contribution in [3.05, 3.63) is 64.7 Å². The number of hydrogen-bond acceptors (Lipinski definition) is 4. The van der Waals surface area contributed by atoms with Crippen LogP contribution < -0.4 is 16.2 Å². The number of carbonyl (C=O) groups excluding carboxylic acids is 1. The van der Waals surface area contributed by atoms with E-state index in [1.165, 1.54) is 0 Å². The molecular formula is C23H26N4O2. The third-order valence-electron chi connectivity index (χ3n) is 5.65. The molecule has 0 aliphatic carbocycles. The van der Waals surface area contributed by atoms with Gasteiger partial charge in [-0.3, -0.25) is 14.0 Å². The van der Waals surface area contributed by atoms with E-state index in [0.29, 0.717) is 11.2 Å². The van der Waals surface area contributed by atoms with Crippen LogP contribution in [0.4, 0.5) is 5.69 Å². The molecular weight excluding hydrogens is 364 g/mol. The van der Waals surface area contributed by atoms with E-state index in [1.54, 1.807) is 10.6 Å². The lowest BCUT2D eigenvalue weighted by molar-refractivity contribution is -0.119. The van der Waals surface area contributed by atoms with Gasteiger partial charge >= 0.3 is 0 Å². The molecule has 1 fully saturated rings. The Bertz CT molecular complexity index is 1090. The van der Waals surface area contributed by atoms with Gasteiger partial charge in [-0.05, 0) is 55.5 Å². The van der Waals surface area contributed by atoms with Crippen LogP contribution in [-0.4, -0.2) is 27.9 Å². The monoisotopic (exact) mass is 390 g/mol. The quantitative estimate of drug-likeness (QED) is 0.701. The smallest absolute Gasteiger partial charge is 0.265 e. The summed E-state index contributed by atoms with van der Waals surface area (Å²) in [7, 11) is 0. The molecule has 1 aliphatic heterocycles. The van der Waals surface area contributed by atoms with Gasteiger partial charge in [-0.2, -0.15) is 0 Å². The van der Waals surface area contributed by atoms with Crippen molar-refractivity contribution in [3.8, 4) is 11.1 Å². The van der Waals surface area contributed by atoms with Crippen molar-refractivity contribution in [3.63, 3.8) is 0 Å². The lowest BCUT2D eigenvalue weighted by Crippen LogP contribution is -2.40. The molecule has 3 heterocycles. The van der Waals surface area contributed by atoms with Crippen LogP contribution in [0.1, 0.15) is 38.3 Å². The molecule has 2 aromatic heterocycles. The molecule has 0 unspecified atom stereocenters. The van der Waals surface area contributed by atoms with Gasteiger partial charge in [0, 0.05) is 18.4 Å². The highest BCUT2D eigenvalue weighted by Crippen LogP contribution is 2.28. The van der Waals surface area contributed by atoms with Gasteiger partial charge in [0.2, 0.25) is 5.91 Å². The third-order valence-corrected chi connectivity index (χ3v) is 5.65. The maximum atomic E-state index is 13.2. The van der Waals surface area contributed by atoms with Gasteiger partial charge in [0.05, 0.1) is 11.3 Å². The number of anilines is 1. The zero-order valence-electron chi connectivity index (χ0n) is 16.7. The zero-order chi connectivity index (χ0) is 20.4. The molecule has 0 spiro atoms. The number of pyridine rings is 1. The maximum absolute atomic E-state index is 13.2. The SMILES string of the molecule is CCCCc1nc2ccccn2c(=O)c1-c1ccc(N2CCC[C@H]2C(N)=O)cc1. The maximum Gasteiger partial charge on any atom is 0.265 e. The highest BCUT2D eigenvalue weighted by Gasteiger charge is 2.29. The first-order valence-electron chi connectivity index (χ1n) is 10.3. The average molecular weight is 390 g/mol. The molecule has 0 saturated carbocycles. The van der Waals surface area contributed by atoms with Gasteiger partial charge in [-0.15, -0.1) is 0 Å². The minimum Gasteiger partial charge on any atom is -0.368 e. The number of primary amides is 1. The minimum atomic E-state index is -0.287. The fraction of sp³-hybridized carbons (Fsp3) is 0.348. The van der Waals surface area contributed by atoms with Crippen LogP contribution in [0.25, 0.3) is 16.8 Å². The van der Waals surface area contributed by atoms with E-state index in [4.69, 9.17) is 10.7 Å². The Hall–Kier alpha value is -3.15. The summed E-state index contributed by atoms with van der Waals surface area (Å²) >= 11 is 0. The van der Waals surface area contributed by atoms with Gasteiger partial charge in [-0.25, -0.2) is 4.98 Å². The lowest BCUT2D eigenvalue weighted by atomic mass is 10.0. The molecule has 1 atom stereocenters. The van der Waals surface area contributed by atoms with Crippen LogP contribution in [0.3, 0.4) is 0 Å². The number of amides is 1. The molecule has 150 valence electrons. The lowest BCUT2D eigenvalue weighted by Gasteiger charge is -2.24. The molecule has 6 heteroatoms. The Labute approximate surface area is 170 Å². The molecule has 1 amide bonds. The molecule has 2 N–H and O–H groups in total. The number of nitrogens with zero attached hydrogens (tertiary/aromatic N) is 3. The van der Waals surface area contributed by atoms with Crippen LogP contribution in [0.2, 0.25) is 0 Å². The Balaban J connectivity index is 1.77. The summed E-state index contributed by atoms with van der Waals surface area (Å²) in [6.07, 6.45) is 6.28. The summed E-state index contributed by atoms with van der Waals surface area (Å²) in [6.45, 7) is 2.95. The number of benzene rings is 1. The van der Waals surface area contributed by atoms with E-state index in [2.05, 4.69) is 11.8 Å². The van der Waals surface area contributed by atoms with Crippen molar-refractivity contribution in [2.75, 3.05) is 11.4 Å². The molecule has 1 saturated heterocycles. The van der Waals surface area contributed by atoms with Crippen LogP contribution in [-0.2, 0) is 11.2 Å². The van der Waals surface area contributed by atoms with Crippen LogP contribution >= 0.6 is 0 Å². The van der Waals surface area contributed by atoms with Gasteiger partial charge in [0.15, 0.2) is 0 Å². The van der Waals surface area contributed by atoms with Crippen molar-refractivity contribution < 1.29 is 4.79 Å². The first-order chi connectivity index (χ1) is 14.1. The highest BCUT2D eigenvalue weighted by molar-refractivity contribution is 5.84. The summed E-state index contributed by atoms with van der Waals surface area (Å²) in [6, 6.07) is 13.2. The second kappa shape index (κ2) is 8.07. The number of aromatic nitrogens is 2. The Morgan fingerprint density at radius 2 is 2.00 bits per heavy atom. The molecule has 3 aromatic rings. The predicted molar refractivity (Wildman–Crippen MR) is 115 cm³/mol. The Morgan fingerprint density at radius 1 is 1.21 bits per heavy atom. The second-order valence-electron chi connectivity index (χ2n) is 7.57. The molecule has 0 radical (unpaired) electrons. The first-order valence-corrected chi connectivity index (χ1v) is 10.3. The van der Waals surface area contributed by atoms with Crippen LogP contribution in [0, 0.1) is 0 Å². The summed E-state index contributed by atoms with van der Waals surface area (Å²) in [5.74, 6) is -0.287. The second-order valence-corrected chi connectivity index (χ2v) is 7.57. The average Bonchev–Trinajstić information content (AvgIpc) is 3.23. The van der Waals surface area contributed by atoms with E-state index in [1.807, 2.05) is 42.5 Å².